The number of nitro benzene ring substituents is 1. The largest absolute Gasteiger partial charge is 0.357 e. The summed E-state index contributed by atoms with van der Waals surface area (Å²) in [4.78, 5) is 14.7. The van der Waals surface area contributed by atoms with Crippen LogP contribution < -0.4 is 10.6 Å². The zero-order chi connectivity index (χ0) is 14.3. The lowest BCUT2D eigenvalue weighted by atomic mass is 10.2. The van der Waals surface area contributed by atoms with Crippen molar-refractivity contribution in [3.63, 3.8) is 0 Å². The summed E-state index contributed by atoms with van der Waals surface area (Å²) in [5.41, 5.74) is 0.907. The SMILES string of the molecule is CCNC(=NCc1cccc([N+](=O)[O-])c1)NC(C)C. The van der Waals surface area contributed by atoms with Crippen LogP contribution in [0.2, 0.25) is 0 Å². The van der Waals surface area contributed by atoms with Gasteiger partial charge in [0.05, 0.1) is 11.5 Å². The van der Waals surface area contributed by atoms with Crippen LogP contribution in [0, 0.1) is 10.1 Å². The Balaban J connectivity index is 2.76. The van der Waals surface area contributed by atoms with E-state index >= 15 is 0 Å². The molecule has 0 atom stereocenters. The number of nitrogens with one attached hydrogen (secondary N) is 2. The molecule has 0 aliphatic carbocycles. The highest BCUT2D eigenvalue weighted by atomic mass is 16.6. The van der Waals surface area contributed by atoms with E-state index in [1.165, 1.54) is 6.07 Å². The standard InChI is InChI=1S/C13H20N4O2/c1-4-14-13(16-10(2)3)15-9-11-6-5-7-12(8-11)17(18)19/h5-8,10H,4,9H2,1-3H3,(H2,14,15,16). The zero-order valence-electron chi connectivity index (χ0n) is 11.5. The number of nitrogens with zero attached hydrogens (tertiary/aromatic N) is 2. The van der Waals surface area contributed by atoms with Gasteiger partial charge in [-0.2, -0.15) is 0 Å². The van der Waals surface area contributed by atoms with Gasteiger partial charge in [0.15, 0.2) is 5.96 Å². The maximum Gasteiger partial charge on any atom is 0.269 e. The molecule has 0 spiro atoms. The fourth-order valence-corrected chi connectivity index (χ4v) is 1.53. The number of rotatable bonds is 5. The van der Waals surface area contributed by atoms with Crippen LogP contribution in [0.4, 0.5) is 5.69 Å². The number of hydrogen-bond acceptors (Lipinski definition) is 3. The van der Waals surface area contributed by atoms with Crippen molar-refractivity contribution in [2.75, 3.05) is 6.54 Å². The summed E-state index contributed by atoms with van der Waals surface area (Å²) in [6.45, 7) is 7.22. The fraction of sp³-hybridized carbons (Fsp3) is 0.462. The summed E-state index contributed by atoms with van der Waals surface area (Å²) in [6, 6.07) is 6.80. The molecule has 0 saturated carbocycles. The lowest BCUT2D eigenvalue weighted by Gasteiger charge is -2.13. The van der Waals surface area contributed by atoms with Crippen LogP contribution in [0.25, 0.3) is 0 Å². The van der Waals surface area contributed by atoms with E-state index in [4.69, 9.17) is 0 Å². The van der Waals surface area contributed by atoms with Gasteiger partial charge in [0, 0.05) is 24.7 Å². The van der Waals surface area contributed by atoms with E-state index in [1.54, 1.807) is 12.1 Å². The summed E-state index contributed by atoms with van der Waals surface area (Å²) < 4.78 is 0. The van der Waals surface area contributed by atoms with Gasteiger partial charge >= 0.3 is 0 Å². The average molecular weight is 264 g/mol. The highest BCUT2D eigenvalue weighted by Crippen LogP contribution is 2.13. The molecule has 0 aromatic heterocycles. The molecular weight excluding hydrogens is 244 g/mol. The van der Waals surface area contributed by atoms with Gasteiger partial charge in [-0.25, -0.2) is 4.99 Å². The minimum atomic E-state index is -0.398. The number of benzene rings is 1. The van der Waals surface area contributed by atoms with Crippen LogP contribution in [-0.4, -0.2) is 23.5 Å². The quantitative estimate of drug-likeness (QED) is 0.369. The van der Waals surface area contributed by atoms with E-state index in [-0.39, 0.29) is 11.7 Å². The summed E-state index contributed by atoms with van der Waals surface area (Å²) in [5.74, 6) is 0.712. The minimum absolute atomic E-state index is 0.0921. The van der Waals surface area contributed by atoms with E-state index in [1.807, 2.05) is 26.8 Å². The molecule has 0 bridgehead atoms. The van der Waals surface area contributed by atoms with Crippen molar-refractivity contribution < 1.29 is 4.92 Å². The van der Waals surface area contributed by atoms with Gasteiger partial charge in [-0.3, -0.25) is 10.1 Å². The third-order valence-corrected chi connectivity index (χ3v) is 2.31. The van der Waals surface area contributed by atoms with Crippen LogP contribution >= 0.6 is 0 Å². The molecular formula is C13H20N4O2. The van der Waals surface area contributed by atoms with E-state index < -0.39 is 4.92 Å². The molecule has 0 radical (unpaired) electrons. The molecule has 0 aliphatic rings. The first-order chi connectivity index (χ1) is 9.02. The molecule has 6 heteroatoms. The first-order valence-corrected chi connectivity index (χ1v) is 6.31. The zero-order valence-corrected chi connectivity index (χ0v) is 11.5. The third kappa shape index (κ3) is 5.37. The van der Waals surface area contributed by atoms with E-state index in [0.29, 0.717) is 12.5 Å². The van der Waals surface area contributed by atoms with Crippen LogP contribution in [0.5, 0.6) is 0 Å². The van der Waals surface area contributed by atoms with Crippen LogP contribution in [0.3, 0.4) is 0 Å². The Kier molecular flexibility index (Phi) is 5.78. The Hall–Kier alpha value is -2.11. The van der Waals surface area contributed by atoms with E-state index in [2.05, 4.69) is 15.6 Å². The smallest absolute Gasteiger partial charge is 0.269 e. The number of non-ortho nitro benzene ring substituents is 1. The van der Waals surface area contributed by atoms with Crippen molar-refractivity contribution >= 4 is 11.6 Å². The van der Waals surface area contributed by atoms with Gasteiger partial charge in [0.1, 0.15) is 0 Å². The molecule has 0 aliphatic heterocycles. The summed E-state index contributed by atoms with van der Waals surface area (Å²) >= 11 is 0. The van der Waals surface area contributed by atoms with E-state index in [9.17, 15) is 10.1 Å². The third-order valence-electron chi connectivity index (χ3n) is 2.31. The van der Waals surface area contributed by atoms with Crippen LogP contribution in [0.1, 0.15) is 26.3 Å². The summed E-state index contributed by atoms with van der Waals surface area (Å²) in [5, 5.41) is 17.0. The van der Waals surface area contributed by atoms with Crippen LogP contribution in [0.15, 0.2) is 29.3 Å². The van der Waals surface area contributed by atoms with Gasteiger partial charge in [0.25, 0.3) is 5.69 Å². The first kappa shape index (κ1) is 14.9. The van der Waals surface area contributed by atoms with Gasteiger partial charge < -0.3 is 10.6 Å². The number of hydrogen-bond donors (Lipinski definition) is 2. The summed E-state index contributed by atoms with van der Waals surface area (Å²) in [7, 11) is 0. The second-order valence-electron chi connectivity index (χ2n) is 4.42. The fourth-order valence-electron chi connectivity index (χ4n) is 1.53. The molecule has 0 amide bonds. The maximum atomic E-state index is 10.7. The number of guanidine groups is 1. The summed E-state index contributed by atoms with van der Waals surface area (Å²) in [6.07, 6.45) is 0. The molecule has 6 nitrogen and oxygen atoms in total. The topological polar surface area (TPSA) is 79.6 Å². The van der Waals surface area contributed by atoms with Crippen molar-refractivity contribution in [2.45, 2.75) is 33.4 Å². The molecule has 1 aromatic rings. The van der Waals surface area contributed by atoms with Crippen LogP contribution in [-0.2, 0) is 6.54 Å². The molecule has 0 heterocycles. The Morgan fingerprint density at radius 1 is 1.47 bits per heavy atom. The van der Waals surface area contributed by atoms with Gasteiger partial charge in [-0.1, -0.05) is 12.1 Å². The predicted molar refractivity (Wildman–Crippen MR) is 76.2 cm³/mol. The Bertz CT molecular complexity index is 458. The van der Waals surface area contributed by atoms with Gasteiger partial charge in [0.2, 0.25) is 0 Å². The van der Waals surface area contributed by atoms with Gasteiger partial charge in [-0.05, 0) is 26.3 Å². The highest BCUT2D eigenvalue weighted by molar-refractivity contribution is 5.79. The molecule has 1 aromatic carbocycles. The second-order valence-corrected chi connectivity index (χ2v) is 4.42. The van der Waals surface area contributed by atoms with Crippen molar-refractivity contribution in [1.29, 1.82) is 0 Å². The van der Waals surface area contributed by atoms with Gasteiger partial charge in [-0.15, -0.1) is 0 Å². The molecule has 1 rings (SSSR count). The van der Waals surface area contributed by atoms with E-state index in [0.717, 1.165) is 12.1 Å². The maximum absolute atomic E-state index is 10.7. The molecule has 0 fully saturated rings. The Morgan fingerprint density at radius 2 is 2.21 bits per heavy atom. The second kappa shape index (κ2) is 7.35. The minimum Gasteiger partial charge on any atom is -0.357 e. The lowest BCUT2D eigenvalue weighted by molar-refractivity contribution is -0.384. The first-order valence-electron chi connectivity index (χ1n) is 6.31. The van der Waals surface area contributed by atoms with Crippen molar-refractivity contribution in [1.82, 2.24) is 10.6 Å². The lowest BCUT2D eigenvalue weighted by Crippen LogP contribution is -2.40. The monoisotopic (exact) mass is 264 g/mol. The normalized spacial score (nSPS) is 11.5. The molecule has 2 N–H and O–H groups in total. The van der Waals surface area contributed by atoms with Crippen molar-refractivity contribution in [3.05, 3.63) is 39.9 Å². The number of aliphatic imine (C=N–C) groups is 1. The average Bonchev–Trinajstić information content (AvgIpc) is 2.36. The Morgan fingerprint density at radius 3 is 2.79 bits per heavy atom. The highest BCUT2D eigenvalue weighted by Gasteiger charge is 2.05. The predicted octanol–water partition coefficient (Wildman–Crippen LogP) is 2.06. The molecule has 0 saturated heterocycles. The van der Waals surface area contributed by atoms with Crippen molar-refractivity contribution in [2.24, 2.45) is 4.99 Å². The molecule has 0 unspecified atom stereocenters. The van der Waals surface area contributed by atoms with Crippen molar-refractivity contribution in [3.8, 4) is 0 Å². The number of nitro groups is 1. The molecule has 104 valence electrons. The molecule has 19 heavy (non-hydrogen) atoms. The Labute approximate surface area is 113 Å².